The molecule has 2 aromatic rings. The molecule has 0 spiro atoms. The Morgan fingerprint density at radius 2 is 2.00 bits per heavy atom. The molecule has 0 N–H and O–H groups in total. The van der Waals surface area contributed by atoms with Crippen molar-refractivity contribution in [1.82, 2.24) is 14.5 Å². The third-order valence-electron chi connectivity index (χ3n) is 2.83. The molecule has 2 heterocycles. The van der Waals surface area contributed by atoms with E-state index in [0.29, 0.717) is 17.3 Å². The van der Waals surface area contributed by atoms with Crippen LogP contribution in [-0.4, -0.2) is 14.5 Å². The van der Waals surface area contributed by atoms with Crippen molar-refractivity contribution in [3.05, 3.63) is 52.2 Å². The second-order valence-corrected chi connectivity index (χ2v) is 5.79. The zero-order valence-electron chi connectivity index (χ0n) is 12.6. The Morgan fingerprint density at radius 3 is 2.62 bits per heavy atom. The number of nitrogens with zero attached hydrogens (tertiary/aromatic N) is 3. The van der Waals surface area contributed by atoms with Gasteiger partial charge in [-0.05, 0) is 27.7 Å². The SMILES string of the molecule is Cc1cc(=O)n(C(C)(C)C)c(COc2cncc(F)c2)n1. The van der Waals surface area contributed by atoms with Gasteiger partial charge < -0.3 is 4.74 Å². The van der Waals surface area contributed by atoms with Gasteiger partial charge in [-0.15, -0.1) is 0 Å². The Hall–Kier alpha value is -2.24. The predicted molar refractivity (Wildman–Crippen MR) is 76.8 cm³/mol. The first-order valence-electron chi connectivity index (χ1n) is 6.61. The second kappa shape index (κ2) is 5.63. The van der Waals surface area contributed by atoms with Crippen LogP contribution in [-0.2, 0) is 12.1 Å². The summed E-state index contributed by atoms with van der Waals surface area (Å²) >= 11 is 0. The standard InChI is InChI=1S/C15H18FN3O2/c1-10-5-14(20)19(15(2,3)4)13(18-10)9-21-12-6-11(16)7-17-8-12/h5-8H,9H2,1-4H3. The molecule has 2 rings (SSSR count). The van der Waals surface area contributed by atoms with Crippen LogP contribution < -0.4 is 10.3 Å². The fraction of sp³-hybridized carbons (Fsp3) is 0.400. The van der Waals surface area contributed by atoms with Gasteiger partial charge in [0.05, 0.1) is 12.4 Å². The van der Waals surface area contributed by atoms with Crippen molar-refractivity contribution < 1.29 is 9.13 Å². The van der Waals surface area contributed by atoms with Crippen LogP contribution in [0.1, 0.15) is 32.3 Å². The summed E-state index contributed by atoms with van der Waals surface area (Å²) in [5, 5.41) is 0. The molecule has 0 aromatic carbocycles. The summed E-state index contributed by atoms with van der Waals surface area (Å²) < 4.78 is 20.1. The molecule has 0 radical (unpaired) electrons. The molecule has 6 heteroatoms. The van der Waals surface area contributed by atoms with Crippen molar-refractivity contribution in [3.63, 3.8) is 0 Å². The Balaban J connectivity index is 2.33. The van der Waals surface area contributed by atoms with Crippen LogP contribution in [0.2, 0.25) is 0 Å². The molecule has 0 atom stereocenters. The lowest BCUT2D eigenvalue weighted by Crippen LogP contribution is -2.37. The zero-order chi connectivity index (χ0) is 15.6. The first-order valence-corrected chi connectivity index (χ1v) is 6.61. The van der Waals surface area contributed by atoms with Crippen molar-refractivity contribution in [2.75, 3.05) is 0 Å². The first-order chi connectivity index (χ1) is 9.77. The van der Waals surface area contributed by atoms with Crippen LogP contribution in [0.4, 0.5) is 4.39 Å². The predicted octanol–water partition coefficient (Wildman–Crippen LogP) is 2.42. The van der Waals surface area contributed by atoms with E-state index in [1.807, 2.05) is 20.8 Å². The molecule has 0 bridgehead atoms. The van der Waals surface area contributed by atoms with Gasteiger partial charge in [0.2, 0.25) is 0 Å². The monoisotopic (exact) mass is 291 g/mol. The Labute approximate surface area is 122 Å². The van der Waals surface area contributed by atoms with E-state index < -0.39 is 11.4 Å². The van der Waals surface area contributed by atoms with Crippen LogP contribution in [0.3, 0.4) is 0 Å². The number of hydrogen-bond acceptors (Lipinski definition) is 4. The van der Waals surface area contributed by atoms with E-state index in [-0.39, 0.29) is 12.2 Å². The minimum absolute atomic E-state index is 0.0688. The van der Waals surface area contributed by atoms with E-state index in [0.717, 1.165) is 6.20 Å². The normalized spacial score (nSPS) is 11.5. The maximum Gasteiger partial charge on any atom is 0.254 e. The molecular formula is C15H18FN3O2. The summed E-state index contributed by atoms with van der Waals surface area (Å²) in [6.45, 7) is 7.57. The molecule has 0 unspecified atom stereocenters. The summed E-state index contributed by atoms with van der Waals surface area (Å²) in [6.07, 6.45) is 2.52. The minimum atomic E-state index is -0.474. The zero-order valence-corrected chi connectivity index (χ0v) is 12.6. The highest BCUT2D eigenvalue weighted by Gasteiger charge is 2.20. The van der Waals surface area contributed by atoms with Crippen molar-refractivity contribution in [3.8, 4) is 5.75 Å². The number of aryl methyl sites for hydroxylation is 1. The first kappa shape index (κ1) is 15.2. The van der Waals surface area contributed by atoms with E-state index in [2.05, 4.69) is 9.97 Å². The quantitative estimate of drug-likeness (QED) is 0.871. The molecule has 5 nitrogen and oxygen atoms in total. The molecule has 0 saturated heterocycles. The fourth-order valence-corrected chi connectivity index (χ4v) is 2.09. The summed E-state index contributed by atoms with van der Waals surface area (Å²) in [6, 6.07) is 2.72. The van der Waals surface area contributed by atoms with E-state index in [1.54, 1.807) is 11.5 Å². The molecule has 0 aliphatic rings. The van der Waals surface area contributed by atoms with Gasteiger partial charge in [-0.1, -0.05) is 0 Å². The summed E-state index contributed by atoms with van der Waals surface area (Å²) in [7, 11) is 0. The average Bonchev–Trinajstić information content (AvgIpc) is 2.33. The molecule has 0 amide bonds. The molecule has 21 heavy (non-hydrogen) atoms. The van der Waals surface area contributed by atoms with Gasteiger partial charge in [-0.3, -0.25) is 14.3 Å². The van der Waals surface area contributed by atoms with Gasteiger partial charge in [-0.2, -0.15) is 0 Å². The lowest BCUT2D eigenvalue weighted by Gasteiger charge is -2.25. The molecule has 0 aliphatic carbocycles. The van der Waals surface area contributed by atoms with Crippen molar-refractivity contribution in [1.29, 1.82) is 0 Å². The lowest BCUT2D eigenvalue weighted by molar-refractivity contribution is 0.261. The molecule has 112 valence electrons. The number of ether oxygens (including phenoxy) is 1. The maximum absolute atomic E-state index is 13.1. The van der Waals surface area contributed by atoms with Gasteiger partial charge in [0.15, 0.2) is 0 Å². The third-order valence-corrected chi connectivity index (χ3v) is 2.83. The van der Waals surface area contributed by atoms with Crippen LogP contribution in [0.25, 0.3) is 0 Å². The van der Waals surface area contributed by atoms with Gasteiger partial charge in [-0.25, -0.2) is 9.37 Å². The largest absolute Gasteiger partial charge is 0.484 e. The van der Waals surface area contributed by atoms with E-state index in [1.165, 1.54) is 18.3 Å². The maximum atomic E-state index is 13.1. The second-order valence-electron chi connectivity index (χ2n) is 5.79. The summed E-state index contributed by atoms with van der Waals surface area (Å²) in [5.41, 5.74) is 0.0684. The lowest BCUT2D eigenvalue weighted by atomic mass is 10.1. The van der Waals surface area contributed by atoms with Crippen LogP contribution >= 0.6 is 0 Å². The van der Waals surface area contributed by atoms with Crippen LogP contribution in [0, 0.1) is 12.7 Å². The number of halogens is 1. The van der Waals surface area contributed by atoms with Gasteiger partial charge >= 0.3 is 0 Å². The minimum Gasteiger partial charge on any atom is -0.484 e. The highest BCUT2D eigenvalue weighted by molar-refractivity contribution is 5.17. The highest BCUT2D eigenvalue weighted by atomic mass is 19.1. The van der Waals surface area contributed by atoms with Crippen molar-refractivity contribution in [2.45, 2.75) is 39.8 Å². The highest BCUT2D eigenvalue weighted by Crippen LogP contribution is 2.16. The Kier molecular flexibility index (Phi) is 4.06. The van der Waals surface area contributed by atoms with Crippen molar-refractivity contribution >= 4 is 0 Å². The van der Waals surface area contributed by atoms with Crippen molar-refractivity contribution in [2.24, 2.45) is 0 Å². The molecule has 0 fully saturated rings. The Morgan fingerprint density at radius 1 is 1.29 bits per heavy atom. The summed E-state index contributed by atoms with van der Waals surface area (Å²) in [4.78, 5) is 20.2. The average molecular weight is 291 g/mol. The molecule has 0 aliphatic heterocycles. The molecule has 0 saturated carbocycles. The Bertz CT molecular complexity index is 705. The van der Waals surface area contributed by atoms with Crippen LogP contribution in [0.5, 0.6) is 5.75 Å². The molecule has 2 aromatic heterocycles. The van der Waals surface area contributed by atoms with Gasteiger partial charge in [0.1, 0.15) is 24.0 Å². The van der Waals surface area contributed by atoms with Gasteiger partial charge in [0, 0.05) is 23.4 Å². The fourth-order valence-electron chi connectivity index (χ4n) is 2.09. The van der Waals surface area contributed by atoms with E-state index in [4.69, 9.17) is 4.74 Å². The number of rotatable bonds is 3. The van der Waals surface area contributed by atoms with E-state index >= 15 is 0 Å². The van der Waals surface area contributed by atoms with E-state index in [9.17, 15) is 9.18 Å². The topological polar surface area (TPSA) is 57.0 Å². The number of aromatic nitrogens is 3. The third kappa shape index (κ3) is 3.65. The van der Waals surface area contributed by atoms with Crippen LogP contribution in [0.15, 0.2) is 29.3 Å². The number of hydrogen-bond donors (Lipinski definition) is 0. The molecular weight excluding hydrogens is 273 g/mol. The smallest absolute Gasteiger partial charge is 0.254 e. The number of pyridine rings is 1. The van der Waals surface area contributed by atoms with Gasteiger partial charge in [0.25, 0.3) is 5.56 Å². The summed E-state index contributed by atoms with van der Waals surface area (Å²) in [5.74, 6) is 0.320.